The third-order valence-electron chi connectivity index (χ3n) is 6.25. The smallest absolute Gasteiger partial charge is 0.394 e. The molecule has 1 unspecified atom stereocenters. The van der Waals surface area contributed by atoms with Gasteiger partial charge in [-0.2, -0.15) is 26.3 Å². The molecule has 0 saturated heterocycles. The minimum atomic E-state index is -6.05. The summed E-state index contributed by atoms with van der Waals surface area (Å²) < 4.78 is 81.1. The van der Waals surface area contributed by atoms with Crippen LogP contribution >= 0.6 is 0 Å². The number of hydrogen-bond acceptors (Lipinski definition) is 5. The van der Waals surface area contributed by atoms with Gasteiger partial charge in [0.1, 0.15) is 5.82 Å². The summed E-state index contributed by atoms with van der Waals surface area (Å²) >= 11 is 0. The molecule has 1 heterocycles. The fourth-order valence-electron chi connectivity index (χ4n) is 4.25. The van der Waals surface area contributed by atoms with Gasteiger partial charge < -0.3 is 15.3 Å². The van der Waals surface area contributed by atoms with Crippen LogP contribution in [-0.2, 0) is 18.4 Å². The van der Waals surface area contributed by atoms with Gasteiger partial charge in [-0.05, 0) is 35.4 Å². The molecule has 0 amide bonds. The number of alkyl halides is 6. The molecule has 0 aliphatic heterocycles. The maximum Gasteiger partial charge on any atom is 0.430 e. The topological polar surface area (TPSA) is 95.6 Å². The van der Waals surface area contributed by atoms with Crippen molar-refractivity contribution >= 4 is 10.9 Å². The molecule has 0 saturated carbocycles. The van der Waals surface area contributed by atoms with Crippen LogP contribution in [0.15, 0.2) is 77.6 Å². The zero-order chi connectivity index (χ0) is 28.6. The Labute approximate surface area is 217 Å². The van der Waals surface area contributed by atoms with E-state index in [0.717, 1.165) is 22.3 Å². The van der Waals surface area contributed by atoms with Crippen molar-refractivity contribution in [1.82, 2.24) is 9.55 Å². The first-order valence-corrected chi connectivity index (χ1v) is 11.6. The molecule has 1 aromatic heterocycles. The molecule has 0 radical (unpaired) electrons. The third-order valence-corrected chi connectivity index (χ3v) is 6.25. The molecule has 0 aliphatic carbocycles. The first-order valence-electron chi connectivity index (χ1n) is 11.6. The summed E-state index contributed by atoms with van der Waals surface area (Å²) in [5.41, 5.74) is -5.78. The second kappa shape index (κ2) is 10.4. The fraction of sp³-hybridized carbons (Fsp3) is 0.259. The van der Waals surface area contributed by atoms with Gasteiger partial charge in [0, 0.05) is 18.4 Å². The maximum atomic E-state index is 13.6. The third kappa shape index (κ3) is 5.40. The van der Waals surface area contributed by atoms with Crippen LogP contribution in [0.25, 0.3) is 16.6 Å². The van der Waals surface area contributed by atoms with Crippen LogP contribution in [0.4, 0.5) is 26.3 Å². The van der Waals surface area contributed by atoms with Crippen LogP contribution in [-0.4, -0.2) is 49.9 Å². The van der Waals surface area contributed by atoms with E-state index in [4.69, 9.17) is 5.11 Å². The normalized spacial score (nSPS) is 13.6. The molecule has 206 valence electrons. The number of fused-ring (bicyclic) bond motifs is 1. The Kier molecular flexibility index (Phi) is 7.57. The highest BCUT2D eigenvalue weighted by atomic mass is 19.4. The van der Waals surface area contributed by atoms with E-state index >= 15 is 0 Å². The number of aliphatic hydroxyl groups excluding tert-OH is 2. The predicted molar refractivity (Wildman–Crippen MR) is 129 cm³/mol. The minimum Gasteiger partial charge on any atom is -0.394 e. The van der Waals surface area contributed by atoms with Crippen molar-refractivity contribution in [3.63, 3.8) is 0 Å². The number of nitrogens with zero attached hydrogens (tertiary/aromatic N) is 2. The zero-order valence-electron chi connectivity index (χ0n) is 20.0. The Morgan fingerprint density at radius 2 is 1.46 bits per heavy atom. The Hall–Kier alpha value is -3.74. The van der Waals surface area contributed by atoms with Crippen LogP contribution in [0.3, 0.4) is 0 Å². The van der Waals surface area contributed by atoms with Crippen molar-refractivity contribution in [2.45, 2.75) is 36.9 Å². The van der Waals surface area contributed by atoms with Crippen LogP contribution in [0, 0.1) is 0 Å². The van der Waals surface area contributed by atoms with E-state index in [0.29, 0.717) is 17.7 Å². The van der Waals surface area contributed by atoms with E-state index in [2.05, 4.69) is 4.98 Å². The number of halogens is 6. The zero-order valence-corrected chi connectivity index (χ0v) is 20.0. The Bertz CT molecular complexity index is 1500. The molecule has 0 fully saturated rings. The molecular weight excluding hydrogens is 530 g/mol. The van der Waals surface area contributed by atoms with Gasteiger partial charge in [-0.1, -0.05) is 48.5 Å². The van der Waals surface area contributed by atoms with Gasteiger partial charge in [0.25, 0.3) is 11.2 Å². The van der Waals surface area contributed by atoms with Gasteiger partial charge in [-0.15, -0.1) is 0 Å². The standard InChI is InChI=1S/C27H22F6N2O4/c28-26(29,30)25(39,27(31,32)33)18-7-9-19(10-8-18)35-23(14-16-4-2-1-3-5-16)34-22-11-6-17(12-20(37)15-36)13-21(22)24(35)38/h1-11,13,20,36-37,39H,12,14-15H2. The Balaban J connectivity index is 1.90. The lowest BCUT2D eigenvalue weighted by Gasteiger charge is -2.32. The van der Waals surface area contributed by atoms with E-state index in [1.165, 1.54) is 6.07 Å². The fourth-order valence-corrected chi connectivity index (χ4v) is 4.25. The van der Waals surface area contributed by atoms with Gasteiger partial charge in [0.15, 0.2) is 0 Å². The molecule has 3 aromatic carbocycles. The van der Waals surface area contributed by atoms with Crippen LogP contribution in [0.2, 0.25) is 0 Å². The molecule has 4 rings (SSSR count). The van der Waals surface area contributed by atoms with Crippen molar-refractivity contribution in [2.75, 3.05) is 6.61 Å². The minimum absolute atomic E-state index is 0.0276. The van der Waals surface area contributed by atoms with E-state index in [1.54, 1.807) is 42.5 Å². The summed E-state index contributed by atoms with van der Waals surface area (Å²) in [6.07, 6.45) is -13.1. The quantitative estimate of drug-likeness (QED) is 0.299. The number of benzene rings is 3. The lowest BCUT2D eigenvalue weighted by Crippen LogP contribution is -2.53. The first kappa shape index (κ1) is 28.3. The summed E-state index contributed by atoms with van der Waals surface area (Å²) in [7, 11) is 0. The molecule has 12 heteroatoms. The van der Waals surface area contributed by atoms with Gasteiger partial charge in [0.05, 0.1) is 29.3 Å². The average Bonchev–Trinajstić information content (AvgIpc) is 2.88. The molecule has 0 aliphatic rings. The van der Waals surface area contributed by atoms with Crippen molar-refractivity contribution < 1.29 is 41.7 Å². The highest BCUT2D eigenvalue weighted by Crippen LogP contribution is 2.50. The maximum absolute atomic E-state index is 13.6. The molecule has 6 nitrogen and oxygen atoms in total. The molecule has 4 aromatic rings. The van der Waals surface area contributed by atoms with Gasteiger partial charge in [-0.3, -0.25) is 9.36 Å². The second-order valence-corrected chi connectivity index (χ2v) is 8.98. The molecule has 39 heavy (non-hydrogen) atoms. The molecule has 0 bridgehead atoms. The predicted octanol–water partition coefficient (Wildman–Crippen LogP) is 4.18. The number of rotatable bonds is 7. The van der Waals surface area contributed by atoms with Crippen molar-refractivity contribution in [1.29, 1.82) is 0 Å². The van der Waals surface area contributed by atoms with Crippen molar-refractivity contribution in [3.05, 3.63) is 106 Å². The van der Waals surface area contributed by atoms with E-state index in [9.17, 15) is 41.4 Å². The highest BCUT2D eigenvalue weighted by molar-refractivity contribution is 5.79. The lowest BCUT2D eigenvalue weighted by molar-refractivity contribution is -0.376. The average molecular weight is 552 g/mol. The highest BCUT2D eigenvalue weighted by Gasteiger charge is 2.71. The number of aliphatic hydroxyl groups is 3. The van der Waals surface area contributed by atoms with Crippen LogP contribution in [0.5, 0.6) is 0 Å². The first-order chi connectivity index (χ1) is 18.3. The van der Waals surface area contributed by atoms with E-state index < -0.39 is 41.8 Å². The van der Waals surface area contributed by atoms with Gasteiger partial charge in [0.2, 0.25) is 0 Å². The van der Waals surface area contributed by atoms with Gasteiger partial charge >= 0.3 is 12.4 Å². The van der Waals surface area contributed by atoms with Gasteiger partial charge in [-0.25, -0.2) is 4.98 Å². The molecule has 3 N–H and O–H groups in total. The Morgan fingerprint density at radius 3 is 2.03 bits per heavy atom. The largest absolute Gasteiger partial charge is 0.430 e. The summed E-state index contributed by atoms with van der Waals surface area (Å²) in [5.74, 6) is 0.163. The Morgan fingerprint density at radius 1 is 0.846 bits per heavy atom. The molecular formula is C27H22F6N2O4. The SMILES string of the molecule is O=c1c2cc(CC(O)CO)ccc2nc(Cc2ccccc2)n1-c1ccc(C(O)(C(F)(F)F)C(F)(F)F)cc1. The van der Waals surface area contributed by atoms with E-state index in [-0.39, 0.29) is 35.3 Å². The second-order valence-electron chi connectivity index (χ2n) is 8.98. The van der Waals surface area contributed by atoms with Crippen LogP contribution in [0.1, 0.15) is 22.5 Å². The number of hydrogen-bond donors (Lipinski definition) is 3. The van der Waals surface area contributed by atoms with Crippen molar-refractivity contribution in [2.24, 2.45) is 0 Å². The van der Waals surface area contributed by atoms with E-state index in [1.807, 2.05) is 0 Å². The van der Waals surface area contributed by atoms with Crippen LogP contribution < -0.4 is 5.56 Å². The summed E-state index contributed by atoms with van der Waals surface area (Å²) in [4.78, 5) is 18.2. The summed E-state index contributed by atoms with van der Waals surface area (Å²) in [6, 6.07) is 16.1. The lowest BCUT2D eigenvalue weighted by atomic mass is 9.92. The summed E-state index contributed by atoms with van der Waals surface area (Å²) in [6.45, 7) is -0.509. The molecule has 0 spiro atoms. The number of aromatic nitrogens is 2. The van der Waals surface area contributed by atoms with Crippen molar-refractivity contribution in [3.8, 4) is 5.69 Å². The monoisotopic (exact) mass is 552 g/mol. The molecule has 1 atom stereocenters. The summed E-state index contributed by atoms with van der Waals surface area (Å²) in [5, 5.41) is 28.7.